The van der Waals surface area contributed by atoms with Crippen LogP contribution in [-0.2, 0) is 9.53 Å². The van der Waals surface area contributed by atoms with E-state index < -0.39 is 5.97 Å². The quantitative estimate of drug-likeness (QED) is 0.464. The van der Waals surface area contributed by atoms with Gasteiger partial charge in [-0.25, -0.2) is 4.79 Å². The first-order valence-corrected chi connectivity index (χ1v) is 7.73. The Balaban J connectivity index is 1.43. The summed E-state index contributed by atoms with van der Waals surface area (Å²) in [6.45, 7) is 1.59. The highest BCUT2D eigenvalue weighted by molar-refractivity contribution is 5.87. The number of benzene rings is 2. The van der Waals surface area contributed by atoms with Gasteiger partial charge in [0.05, 0.1) is 0 Å². The van der Waals surface area contributed by atoms with Crippen LogP contribution in [0.4, 0.5) is 0 Å². The Morgan fingerprint density at radius 1 is 1.00 bits per heavy atom. The van der Waals surface area contributed by atoms with Gasteiger partial charge in [0.15, 0.2) is 11.5 Å². The van der Waals surface area contributed by atoms with Crippen LogP contribution in [0.5, 0.6) is 17.2 Å². The van der Waals surface area contributed by atoms with Gasteiger partial charge in [0, 0.05) is 6.08 Å². The van der Waals surface area contributed by atoms with Crippen molar-refractivity contribution in [3.05, 3.63) is 60.2 Å². The molecule has 0 N–H and O–H groups in total. The number of hydrogen-bond acceptors (Lipinski definition) is 5. The highest BCUT2D eigenvalue weighted by Gasteiger charge is 2.10. The van der Waals surface area contributed by atoms with Crippen molar-refractivity contribution in [2.45, 2.75) is 0 Å². The summed E-state index contributed by atoms with van der Waals surface area (Å²) in [5.41, 5.74) is 0.844. The molecular formula is C19H18O5. The molecule has 1 heterocycles. The van der Waals surface area contributed by atoms with Crippen LogP contribution in [-0.4, -0.2) is 32.4 Å². The summed E-state index contributed by atoms with van der Waals surface area (Å²) in [5.74, 6) is 1.74. The van der Waals surface area contributed by atoms with Crippen LogP contribution in [0.15, 0.2) is 54.6 Å². The zero-order chi connectivity index (χ0) is 16.6. The van der Waals surface area contributed by atoms with Gasteiger partial charge < -0.3 is 18.9 Å². The van der Waals surface area contributed by atoms with Gasteiger partial charge in [-0.3, -0.25) is 0 Å². The SMILES string of the molecule is O=C(/C=C/c1ccc2c(c1)OCCO2)OCCOc1ccccc1. The minimum atomic E-state index is -0.415. The van der Waals surface area contributed by atoms with E-state index in [-0.39, 0.29) is 6.61 Å². The molecule has 0 saturated heterocycles. The minimum absolute atomic E-state index is 0.194. The molecular weight excluding hydrogens is 308 g/mol. The number of carbonyl (C=O) groups is 1. The molecule has 1 aliphatic rings. The third-order valence-electron chi connectivity index (χ3n) is 3.32. The molecule has 1 aliphatic heterocycles. The standard InChI is InChI=1S/C19H18O5/c20-19(24-13-10-21-16-4-2-1-3-5-16)9-7-15-6-8-17-18(14-15)23-12-11-22-17/h1-9,14H,10-13H2/b9-7+. The van der Waals surface area contributed by atoms with Gasteiger partial charge in [-0.1, -0.05) is 24.3 Å². The molecule has 0 aliphatic carbocycles. The molecule has 0 bridgehead atoms. The molecule has 0 fully saturated rings. The predicted molar refractivity (Wildman–Crippen MR) is 89.4 cm³/mol. The average molecular weight is 326 g/mol. The molecule has 0 spiro atoms. The van der Waals surface area contributed by atoms with E-state index in [4.69, 9.17) is 18.9 Å². The van der Waals surface area contributed by atoms with Crippen LogP contribution in [0.3, 0.4) is 0 Å². The van der Waals surface area contributed by atoms with Crippen molar-refractivity contribution in [1.29, 1.82) is 0 Å². The third kappa shape index (κ3) is 4.52. The number of fused-ring (bicyclic) bond motifs is 1. The molecule has 2 aromatic rings. The molecule has 24 heavy (non-hydrogen) atoms. The normalized spacial score (nSPS) is 12.8. The third-order valence-corrected chi connectivity index (χ3v) is 3.32. The molecule has 0 amide bonds. The molecule has 0 unspecified atom stereocenters. The molecule has 5 nitrogen and oxygen atoms in total. The van der Waals surface area contributed by atoms with Crippen molar-refractivity contribution >= 4 is 12.0 Å². The van der Waals surface area contributed by atoms with Gasteiger partial charge in [0.2, 0.25) is 0 Å². The molecule has 0 aromatic heterocycles. The number of rotatable bonds is 6. The number of carbonyl (C=O) groups excluding carboxylic acids is 1. The second kappa shape index (κ2) is 8.06. The number of hydrogen-bond donors (Lipinski definition) is 0. The first-order valence-electron chi connectivity index (χ1n) is 7.73. The van der Waals surface area contributed by atoms with Crippen LogP contribution in [0.25, 0.3) is 6.08 Å². The Kier molecular flexibility index (Phi) is 5.35. The van der Waals surface area contributed by atoms with Crippen LogP contribution in [0.2, 0.25) is 0 Å². The van der Waals surface area contributed by atoms with E-state index in [2.05, 4.69) is 0 Å². The fourth-order valence-corrected chi connectivity index (χ4v) is 2.19. The number of para-hydroxylation sites is 1. The Morgan fingerprint density at radius 2 is 1.79 bits per heavy atom. The summed E-state index contributed by atoms with van der Waals surface area (Å²) in [6.07, 6.45) is 3.06. The summed E-state index contributed by atoms with van der Waals surface area (Å²) in [4.78, 5) is 11.7. The highest BCUT2D eigenvalue weighted by Crippen LogP contribution is 2.31. The summed E-state index contributed by atoms with van der Waals surface area (Å²) in [5, 5.41) is 0. The van der Waals surface area contributed by atoms with Crippen molar-refractivity contribution in [2.75, 3.05) is 26.4 Å². The lowest BCUT2D eigenvalue weighted by Crippen LogP contribution is -2.15. The second-order valence-corrected chi connectivity index (χ2v) is 5.07. The van der Waals surface area contributed by atoms with Gasteiger partial charge in [0.1, 0.15) is 32.2 Å². The zero-order valence-electron chi connectivity index (χ0n) is 13.1. The van der Waals surface area contributed by atoms with E-state index in [0.29, 0.717) is 25.6 Å². The largest absolute Gasteiger partial charge is 0.490 e. The first kappa shape index (κ1) is 15.9. The molecule has 0 saturated carbocycles. The smallest absolute Gasteiger partial charge is 0.330 e. The van der Waals surface area contributed by atoms with Crippen molar-refractivity contribution in [2.24, 2.45) is 0 Å². The second-order valence-electron chi connectivity index (χ2n) is 5.07. The summed E-state index contributed by atoms with van der Waals surface area (Å²) in [7, 11) is 0. The van der Waals surface area contributed by atoms with Crippen LogP contribution < -0.4 is 14.2 Å². The summed E-state index contributed by atoms with van der Waals surface area (Å²) >= 11 is 0. The Labute approximate surface area is 140 Å². The maximum absolute atomic E-state index is 11.7. The van der Waals surface area contributed by atoms with E-state index in [0.717, 1.165) is 17.1 Å². The summed E-state index contributed by atoms with van der Waals surface area (Å²) in [6, 6.07) is 14.9. The Bertz CT molecular complexity index is 709. The van der Waals surface area contributed by atoms with E-state index in [1.165, 1.54) is 6.08 Å². The summed E-state index contributed by atoms with van der Waals surface area (Å²) < 4.78 is 21.5. The predicted octanol–water partition coefficient (Wildman–Crippen LogP) is 3.09. The fraction of sp³-hybridized carbons (Fsp3) is 0.211. The molecule has 124 valence electrons. The lowest BCUT2D eigenvalue weighted by Gasteiger charge is -2.18. The van der Waals surface area contributed by atoms with Gasteiger partial charge in [0.25, 0.3) is 0 Å². The van der Waals surface area contributed by atoms with Gasteiger partial charge in [-0.2, -0.15) is 0 Å². The van der Waals surface area contributed by atoms with Crippen LogP contribution >= 0.6 is 0 Å². The van der Waals surface area contributed by atoms with Crippen molar-refractivity contribution < 1.29 is 23.7 Å². The van der Waals surface area contributed by atoms with Gasteiger partial charge >= 0.3 is 5.97 Å². The van der Waals surface area contributed by atoms with Crippen molar-refractivity contribution in [3.8, 4) is 17.2 Å². The Hall–Kier alpha value is -2.95. The molecule has 2 aromatic carbocycles. The van der Waals surface area contributed by atoms with Gasteiger partial charge in [-0.15, -0.1) is 0 Å². The fourth-order valence-electron chi connectivity index (χ4n) is 2.19. The van der Waals surface area contributed by atoms with E-state index in [9.17, 15) is 4.79 Å². The van der Waals surface area contributed by atoms with Crippen LogP contribution in [0, 0.1) is 0 Å². The van der Waals surface area contributed by atoms with Gasteiger partial charge in [-0.05, 0) is 35.9 Å². The average Bonchev–Trinajstić information content (AvgIpc) is 2.64. The number of ether oxygens (including phenoxy) is 4. The lowest BCUT2D eigenvalue weighted by molar-refractivity contribution is -0.138. The van der Waals surface area contributed by atoms with E-state index in [1.54, 1.807) is 6.08 Å². The molecule has 5 heteroatoms. The number of esters is 1. The Morgan fingerprint density at radius 3 is 2.62 bits per heavy atom. The highest BCUT2D eigenvalue weighted by atomic mass is 16.6. The molecule has 0 radical (unpaired) electrons. The first-order chi connectivity index (χ1) is 11.8. The van der Waals surface area contributed by atoms with Crippen molar-refractivity contribution in [3.63, 3.8) is 0 Å². The maximum atomic E-state index is 11.7. The zero-order valence-corrected chi connectivity index (χ0v) is 13.1. The van der Waals surface area contributed by atoms with E-state index >= 15 is 0 Å². The monoisotopic (exact) mass is 326 g/mol. The van der Waals surface area contributed by atoms with Crippen LogP contribution in [0.1, 0.15) is 5.56 Å². The molecule has 0 atom stereocenters. The minimum Gasteiger partial charge on any atom is -0.490 e. The lowest BCUT2D eigenvalue weighted by atomic mass is 10.2. The maximum Gasteiger partial charge on any atom is 0.330 e. The molecule has 3 rings (SSSR count). The topological polar surface area (TPSA) is 54.0 Å². The van der Waals surface area contributed by atoms with E-state index in [1.807, 2.05) is 48.5 Å². The van der Waals surface area contributed by atoms with Crippen molar-refractivity contribution in [1.82, 2.24) is 0 Å².